The summed E-state index contributed by atoms with van der Waals surface area (Å²) in [6.07, 6.45) is 4.40. The molecule has 1 aliphatic heterocycles. The van der Waals surface area contributed by atoms with Crippen LogP contribution in [0.3, 0.4) is 0 Å². The van der Waals surface area contributed by atoms with Crippen LogP contribution in [0.1, 0.15) is 11.4 Å². The maximum atomic E-state index is 6.04. The highest BCUT2D eigenvalue weighted by molar-refractivity contribution is 6.30. The average Bonchev–Trinajstić information content (AvgIpc) is 2.75. The van der Waals surface area contributed by atoms with Crippen molar-refractivity contribution in [3.63, 3.8) is 0 Å². The van der Waals surface area contributed by atoms with E-state index in [1.165, 1.54) is 5.56 Å². The van der Waals surface area contributed by atoms with Gasteiger partial charge in [-0.25, -0.2) is 0 Å². The van der Waals surface area contributed by atoms with E-state index in [1.807, 2.05) is 30.3 Å². The second-order valence-corrected chi connectivity index (χ2v) is 7.90. The highest BCUT2D eigenvalue weighted by atomic mass is 35.5. The summed E-state index contributed by atoms with van der Waals surface area (Å²) < 4.78 is 0. The first-order chi connectivity index (χ1) is 15.1. The van der Waals surface area contributed by atoms with E-state index in [0.717, 1.165) is 38.4 Å². The summed E-state index contributed by atoms with van der Waals surface area (Å²) in [6.45, 7) is 5.53. The fraction of sp³-hybridized carbons (Fsp3) is 0.261. The predicted octanol–water partition coefficient (Wildman–Crippen LogP) is 3.68. The number of hydrogen-bond acceptors (Lipinski definition) is 7. The number of aromatic nitrogens is 3. The van der Waals surface area contributed by atoms with E-state index in [0.29, 0.717) is 23.3 Å². The highest BCUT2D eigenvalue weighted by Crippen LogP contribution is 2.18. The molecule has 3 N–H and O–H groups in total. The predicted molar refractivity (Wildman–Crippen MR) is 126 cm³/mol. The lowest BCUT2D eigenvalue weighted by Crippen LogP contribution is -2.46. The van der Waals surface area contributed by atoms with Gasteiger partial charge in [0.25, 0.3) is 0 Å². The van der Waals surface area contributed by atoms with Crippen molar-refractivity contribution in [2.75, 3.05) is 43.8 Å². The van der Waals surface area contributed by atoms with Gasteiger partial charge >= 0.3 is 0 Å². The van der Waals surface area contributed by atoms with Crippen molar-refractivity contribution in [1.29, 1.82) is 0 Å². The molecule has 1 saturated heterocycles. The van der Waals surface area contributed by atoms with Crippen LogP contribution in [0.2, 0.25) is 5.02 Å². The molecule has 1 aliphatic rings. The topological polar surface area (TPSA) is 83.2 Å². The summed E-state index contributed by atoms with van der Waals surface area (Å²) in [6, 6.07) is 17.8. The lowest BCUT2D eigenvalue weighted by atomic mass is 10.2. The second-order valence-electron chi connectivity index (χ2n) is 7.46. The number of nitrogens with zero attached hydrogens (tertiary/aromatic N) is 5. The largest absolute Gasteiger partial charge is 0.368 e. The van der Waals surface area contributed by atoms with Crippen LogP contribution in [0, 0.1) is 0 Å². The van der Waals surface area contributed by atoms with Crippen LogP contribution in [0.4, 0.5) is 17.6 Å². The molecule has 3 aromatic rings. The monoisotopic (exact) mass is 435 g/mol. The molecule has 4 rings (SSSR count). The number of benzene rings is 2. The number of anilines is 3. The Morgan fingerprint density at radius 3 is 2.48 bits per heavy atom. The van der Waals surface area contributed by atoms with Crippen LogP contribution in [-0.2, 0) is 6.54 Å². The molecule has 0 unspecified atom stereocenters. The quantitative estimate of drug-likeness (QED) is 0.585. The Morgan fingerprint density at radius 2 is 1.71 bits per heavy atom. The van der Waals surface area contributed by atoms with Gasteiger partial charge in [0.2, 0.25) is 11.9 Å². The van der Waals surface area contributed by atoms with Crippen LogP contribution in [0.15, 0.2) is 60.7 Å². The van der Waals surface area contributed by atoms with Gasteiger partial charge in [0.05, 0.1) is 6.54 Å². The maximum absolute atomic E-state index is 6.04. The molecular weight excluding hydrogens is 410 g/mol. The number of nitrogens with one attached hydrogen (secondary N) is 1. The molecule has 160 valence electrons. The number of hydrogen-bond donors (Lipinski definition) is 2. The molecule has 8 heteroatoms. The van der Waals surface area contributed by atoms with E-state index in [9.17, 15) is 0 Å². The molecule has 0 aliphatic carbocycles. The minimum atomic E-state index is 0.208. The van der Waals surface area contributed by atoms with Crippen molar-refractivity contribution in [3.05, 3.63) is 77.1 Å². The van der Waals surface area contributed by atoms with Crippen molar-refractivity contribution in [2.24, 2.45) is 0 Å². The van der Waals surface area contributed by atoms with E-state index >= 15 is 0 Å². The number of nitrogen functional groups attached to an aromatic ring is 1. The summed E-state index contributed by atoms with van der Waals surface area (Å²) in [5.41, 5.74) is 7.95. The first-order valence-corrected chi connectivity index (χ1v) is 10.7. The number of rotatable bonds is 7. The molecule has 0 spiro atoms. The van der Waals surface area contributed by atoms with Gasteiger partial charge < -0.3 is 11.1 Å². The van der Waals surface area contributed by atoms with Gasteiger partial charge in [0, 0.05) is 43.4 Å². The van der Waals surface area contributed by atoms with E-state index in [1.54, 1.807) is 0 Å². The zero-order valence-corrected chi connectivity index (χ0v) is 18.0. The summed E-state index contributed by atoms with van der Waals surface area (Å²) >= 11 is 6.04. The molecule has 0 amide bonds. The van der Waals surface area contributed by atoms with Crippen molar-refractivity contribution in [3.8, 4) is 0 Å². The molecule has 0 radical (unpaired) electrons. The smallest absolute Gasteiger partial charge is 0.232 e. The Kier molecular flexibility index (Phi) is 7.09. The van der Waals surface area contributed by atoms with Crippen molar-refractivity contribution in [1.82, 2.24) is 24.8 Å². The van der Waals surface area contributed by atoms with Gasteiger partial charge in [0.1, 0.15) is 5.82 Å². The third-order valence-electron chi connectivity index (χ3n) is 5.08. The number of halogens is 1. The van der Waals surface area contributed by atoms with Crippen LogP contribution >= 0.6 is 11.6 Å². The Hall–Kier alpha value is -3.00. The van der Waals surface area contributed by atoms with Gasteiger partial charge in [-0.15, -0.1) is 0 Å². The summed E-state index contributed by atoms with van der Waals surface area (Å²) in [5, 5.41) is 3.79. The molecule has 2 heterocycles. The summed E-state index contributed by atoms with van der Waals surface area (Å²) in [5.74, 6) is 1.29. The maximum Gasteiger partial charge on any atom is 0.232 e. The van der Waals surface area contributed by atoms with Crippen molar-refractivity contribution >= 4 is 35.3 Å². The Morgan fingerprint density at radius 1 is 0.935 bits per heavy atom. The minimum absolute atomic E-state index is 0.208. The minimum Gasteiger partial charge on any atom is -0.368 e. The lowest BCUT2D eigenvalue weighted by Gasteiger charge is -2.33. The first-order valence-electron chi connectivity index (χ1n) is 10.3. The fourth-order valence-corrected chi connectivity index (χ4v) is 3.68. The van der Waals surface area contributed by atoms with Crippen molar-refractivity contribution in [2.45, 2.75) is 6.54 Å². The SMILES string of the molecule is Nc1nc(CN2CCN(C/C=C/c3ccccc3)CC2)nc(Nc2cccc(Cl)c2)n1. The van der Waals surface area contributed by atoms with Gasteiger partial charge in [0.15, 0.2) is 0 Å². The Balaban J connectivity index is 1.29. The molecular formula is C23H26ClN7. The normalized spacial score (nSPS) is 15.4. The van der Waals surface area contributed by atoms with Crippen LogP contribution in [0.25, 0.3) is 6.08 Å². The number of piperazine rings is 1. The van der Waals surface area contributed by atoms with E-state index in [2.05, 4.69) is 66.5 Å². The van der Waals surface area contributed by atoms with E-state index in [-0.39, 0.29) is 5.95 Å². The average molecular weight is 436 g/mol. The Labute approximate surface area is 187 Å². The molecule has 1 aromatic heterocycles. The van der Waals surface area contributed by atoms with Gasteiger partial charge in [-0.2, -0.15) is 15.0 Å². The zero-order valence-electron chi connectivity index (χ0n) is 17.3. The standard InChI is InChI=1S/C23H26ClN7/c24-19-9-4-10-20(16-19)26-23-28-21(27-22(25)29-23)17-31-14-12-30(13-15-31)11-5-8-18-6-2-1-3-7-18/h1-10,16H,11-15,17H2,(H3,25,26,27,28,29)/b8-5+. The zero-order chi connectivity index (χ0) is 21.5. The third-order valence-corrected chi connectivity index (χ3v) is 5.32. The molecule has 0 atom stereocenters. The first kappa shape index (κ1) is 21.2. The summed E-state index contributed by atoms with van der Waals surface area (Å²) in [4.78, 5) is 17.8. The van der Waals surface area contributed by atoms with Gasteiger partial charge in [-0.05, 0) is 23.8 Å². The molecule has 2 aromatic carbocycles. The lowest BCUT2D eigenvalue weighted by molar-refractivity contribution is 0.134. The van der Waals surface area contributed by atoms with E-state index in [4.69, 9.17) is 17.3 Å². The fourth-order valence-electron chi connectivity index (χ4n) is 3.49. The molecule has 1 fully saturated rings. The Bertz CT molecular complexity index is 1020. The molecule has 7 nitrogen and oxygen atoms in total. The van der Waals surface area contributed by atoms with E-state index < -0.39 is 0 Å². The number of nitrogens with two attached hydrogens (primary N) is 1. The highest BCUT2D eigenvalue weighted by Gasteiger charge is 2.17. The molecule has 0 saturated carbocycles. The summed E-state index contributed by atoms with van der Waals surface area (Å²) in [7, 11) is 0. The third kappa shape index (κ3) is 6.49. The van der Waals surface area contributed by atoms with Gasteiger partial charge in [-0.3, -0.25) is 9.80 Å². The van der Waals surface area contributed by atoms with Crippen LogP contribution < -0.4 is 11.1 Å². The second kappa shape index (κ2) is 10.3. The van der Waals surface area contributed by atoms with Gasteiger partial charge in [-0.1, -0.05) is 60.2 Å². The molecule has 0 bridgehead atoms. The van der Waals surface area contributed by atoms with Crippen molar-refractivity contribution < 1.29 is 0 Å². The van der Waals surface area contributed by atoms with Crippen LogP contribution in [0.5, 0.6) is 0 Å². The van der Waals surface area contributed by atoms with Crippen LogP contribution in [-0.4, -0.2) is 57.5 Å². The molecule has 31 heavy (non-hydrogen) atoms.